The molecule has 1 amide bonds. The van der Waals surface area contributed by atoms with E-state index in [1.54, 1.807) is 12.4 Å². The van der Waals surface area contributed by atoms with Crippen molar-refractivity contribution in [2.45, 2.75) is 57.4 Å². The standard InChI is InChI=1S/C18H18FN3O.C3H8/c19-17-9-13(3-7-21-17)14-4-8-22(18(23)10-14)16-11-15(16)12-1-5-20-6-2-12;1-3-2/h1-3,5-7,9,14-16H,4,8,10-11H2;3H2,1-2H3. The number of carbonyl (C=O) groups excluding carboxylic acids is 1. The monoisotopic (exact) mass is 355 g/mol. The fourth-order valence-corrected chi connectivity index (χ4v) is 3.65. The van der Waals surface area contributed by atoms with Crippen molar-refractivity contribution in [1.29, 1.82) is 0 Å². The molecule has 1 saturated heterocycles. The molecule has 4 nitrogen and oxygen atoms in total. The Morgan fingerprint density at radius 1 is 1.15 bits per heavy atom. The van der Waals surface area contributed by atoms with Crippen molar-refractivity contribution in [2.24, 2.45) is 0 Å². The molecule has 1 saturated carbocycles. The molecule has 2 aliphatic rings. The summed E-state index contributed by atoms with van der Waals surface area (Å²) >= 11 is 0. The Morgan fingerprint density at radius 2 is 1.85 bits per heavy atom. The molecule has 0 N–H and O–H groups in total. The number of likely N-dealkylation sites (tertiary alicyclic amines) is 1. The molecule has 0 spiro atoms. The smallest absolute Gasteiger partial charge is 0.223 e. The lowest BCUT2D eigenvalue weighted by Crippen LogP contribution is -2.40. The molecule has 0 aromatic carbocycles. The molecule has 4 rings (SSSR count). The van der Waals surface area contributed by atoms with Gasteiger partial charge in [-0.3, -0.25) is 9.78 Å². The first-order valence-corrected chi connectivity index (χ1v) is 9.44. The maximum atomic E-state index is 13.3. The number of rotatable bonds is 3. The summed E-state index contributed by atoms with van der Waals surface area (Å²) in [5.41, 5.74) is 2.14. The van der Waals surface area contributed by atoms with Gasteiger partial charge < -0.3 is 4.90 Å². The van der Waals surface area contributed by atoms with E-state index in [1.807, 2.05) is 23.1 Å². The average molecular weight is 355 g/mol. The van der Waals surface area contributed by atoms with Crippen LogP contribution in [0.2, 0.25) is 0 Å². The van der Waals surface area contributed by atoms with Crippen molar-refractivity contribution in [2.75, 3.05) is 6.54 Å². The second-order valence-corrected chi connectivity index (χ2v) is 7.09. The van der Waals surface area contributed by atoms with Gasteiger partial charge in [0.05, 0.1) is 0 Å². The molecule has 3 unspecified atom stereocenters. The summed E-state index contributed by atoms with van der Waals surface area (Å²) in [6.45, 7) is 5.00. The quantitative estimate of drug-likeness (QED) is 0.772. The molecule has 138 valence electrons. The van der Waals surface area contributed by atoms with Gasteiger partial charge in [0.25, 0.3) is 0 Å². The van der Waals surface area contributed by atoms with Crippen LogP contribution in [0.15, 0.2) is 42.9 Å². The average Bonchev–Trinajstić information content (AvgIpc) is 3.43. The van der Waals surface area contributed by atoms with Crippen LogP contribution in [0.3, 0.4) is 0 Å². The number of carbonyl (C=O) groups is 1. The summed E-state index contributed by atoms with van der Waals surface area (Å²) in [5, 5.41) is 0. The van der Waals surface area contributed by atoms with E-state index in [0.29, 0.717) is 18.4 Å². The Balaban J connectivity index is 0.000000613. The minimum absolute atomic E-state index is 0.106. The van der Waals surface area contributed by atoms with E-state index in [-0.39, 0.29) is 11.8 Å². The van der Waals surface area contributed by atoms with Crippen LogP contribution in [0.25, 0.3) is 0 Å². The fourth-order valence-electron chi connectivity index (χ4n) is 3.65. The Labute approximate surface area is 154 Å². The first kappa shape index (κ1) is 18.5. The van der Waals surface area contributed by atoms with Gasteiger partial charge in [-0.15, -0.1) is 0 Å². The Kier molecular flexibility index (Phi) is 5.96. The van der Waals surface area contributed by atoms with Crippen molar-refractivity contribution >= 4 is 5.91 Å². The van der Waals surface area contributed by atoms with Gasteiger partial charge in [0.1, 0.15) is 0 Å². The summed E-state index contributed by atoms with van der Waals surface area (Å²) in [7, 11) is 0. The second kappa shape index (κ2) is 8.39. The lowest BCUT2D eigenvalue weighted by molar-refractivity contribution is -0.134. The van der Waals surface area contributed by atoms with Gasteiger partial charge in [0.15, 0.2) is 0 Å². The number of aromatic nitrogens is 2. The first-order chi connectivity index (χ1) is 12.6. The minimum Gasteiger partial charge on any atom is -0.339 e. The number of nitrogens with zero attached hydrogens (tertiary/aromatic N) is 3. The van der Waals surface area contributed by atoms with Gasteiger partial charge in [-0.1, -0.05) is 20.3 Å². The van der Waals surface area contributed by atoms with Crippen molar-refractivity contribution in [3.63, 3.8) is 0 Å². The molecule has 3 atom stereocenters. The van der Waals surface area contributed by atoms with Crippen LogP contribution in [0.4, 0.5) is 4.39 Å². The van der Waals surface area contributed by atoms with E-state index < -0.39 is 5.95 Å². The zero-order valence-corrected chi connectivity index (χ0v) is 15.4. The zero-order chi connectivity index (χ0) is 18.5. The molecule has 1 aliphatic heterocycles. The van der Waals surface area contributed by atoms with E-state index in [2.05, 4.69) is 23.8 Å². The largest absolute Gasteiger partial charge is 0.339 e. The van der Waals surface area contributed by atoms with E-state index in [1.165, 1.54) is 24.2 Å². The lowest BCUT2D eigenvalue weighted by Gasteiger charge is -2.32. The van der Waals surface area contributed by atoms with Crippen LogP contribution in [0.1, 0.15) is 62.5 Å². The molecule has 3 heterocycles. The molecule has 0 radical (unpaired) electrons. The maximum Gasteiger partial charge on any atom is 0.223 e. The molecule has 2 aromatic heterocycles. The van der Waals surface area contributed by atoms with Gasteiger partial charge in [-0.2, -0.15) is 4.39 Å². The highest BCUT2D eigenvalue weighted by atomic mass is 19.1. The number of hydrogen-bond donors (Lipinski definition) is 0. The second-order valence-electron chi connectivity index (χ2n) is 7.09. The topological polar surface area (TPSA) is 46.1 Å². The van der Waals surface area contributed by atoms with Crippen LogP contribution < -0.4 is 0 Å². The zero-order valence-electron chi connectivity index (χ0n) is 15.4. The summed E-state index contributed by atoms with van der Waals surface area (Å²) in [6.07, 6.45) is 8.71. The van der Waals surface area contributed by atoms with Crippen LogP contribution in [-0.2, 0) is 4.79 Å². The molecule has 2 aromatic rings. The molecular weight excluding hydrogens is 329 g/mol. The van der Waals surface area contributed by atoms with Crippen molar-refractivity contribution in [3.8, 4) is 0 Å². The van der Waals surface area contributed by atoms with Crippen LogP contribution in [-0.4, -0.2) is 33.4 Å². The van der Waals surface area contributed by atoms with E-state index >= 15 is 0 Å². The molecule has 2 fully saturated rings. The van der Waals surface area contributed by atoms with Gasteiger partial charge >= 0.3 is 0 Å². The molecule has 0 bridgehead atoms. The van der Waals surface area contributed by atoms with Gasteiger partial charge in [0.2, 0.25) is 11.9 Å². The van der Waals surface area contributed by atoms with Crippen molar-refractivity contribution < 1.29 is 9.18 Å². The highest BCUT2D eigenvalue weighted by Gasteiger charge is 2.46. The third-order valence-corrected chi connectivity index (χ3v) is 4.97. The molecule has 26 heavy (non-hydrogen) atoms. The summed E-state index contributed by atoms with van der Waals surface area (Å²) < 4.78 is 13.3. The number of piperidine rings is 1. The molecular formula is C21H26FN3O. The highest BCUT2D eigenvalue weighted by molar-refractivity contribution is 5.79. The van der Waals surface area contributed by atoms with Gasteiger partial charge in [-0.05, 0) is 54.2 Å². The predicted octanol–water partition coefficient (Wildman–Crippen LogP) is 4.29. The van der Waals surface area contributed by atoms with E-state index in [4.69, 9.17) is 0 Å². The third kappa shape index (κ3) is 4.26. The SMILES string of the molecule is CCC.O=C1CC(c2ccnc(F)c2)CCN1C1CC1c1ccncc1. The Bertz CT molecular complexity index is 737. The Hall–Kier alpha value is -2.30. The highest BCUT2D eigenvalue weighted by Crippen LogP contribution is 2.46. The molecule has 5 heteroatoms. The number of pyridine rings is 2. The minimum atomic E-state index is -0.475. The van der Waals surface area contributed by atoms with Crippen molar-refractivity contribution in [3.05, 3.63) is 59.9 Å². The van der Waals surface area contributed by atoms with Crippen LogP contribution in [0, 0.1) is 5.95 Å². The first-order valence-electron chi connectivity index (χ1n) is 9.44. The normalized spacial score (nSPS) is 24.7. The van der Waals surface area contributed by atoms with Crippen LogP contribution in [0.5, 0.6) is 0 Å². The summed E-state index contributed by atoms with van der Waals surface area (Å²) in [5.74, 6) is 0.253. The van der Waals surface area contributed by atoms with Gasteiger partial charge in [-0.25, -0.2) is 4.98 Å². The Morgan fingerprint density at radius 3 is 2.50 bits per heavy atom. The predicted molar refractivity (Wildman–Crippen MR) is 99.2 cm³/mol. The van der Waals surface area contributed by atoms with E-state index in [0.717, 1.165) is 24.9 Å². The summed E-state index contributed by atoms with van der Waals surface area (Å²) in [4.78, 5) is 22.2. The molecule has 1 aliphatic carbocycles. The van der Waals surface area contributed by atoms with E-state index in [9.17, 15) is 9.18 Å². The van der Waals surface area contributed by atoms with Crippen molar-refractivity contribution in [1.82, 2.24) is 14.9 Å². The maximum absolute atomic E-state index is 13.3. The van der Waals surface area contributed by atoms with Gasteiger partial charge in [0, 0.05) is 43.5 Å². The number of hydrogen-bond acceptors (Lipinski definition) is 3. The lowest BCUT2D eigenvalue weighted by atomic mass is 9.89. The number of amides is 1. The third-order valence-electron chi connectivity index (χ3n) is 4.97. The number of halogens is 1. The fraction of sp³-hybridized carbons (Fsp3) is 0.476. The summed E-state index contributed by atoms with van der Waals surface area (Å²) in [6, 6.07) is 7.64. The van der Waals surface area contributed by atoms with Crippen LogP contribution >= 0.6 is 0 Å².